The highest BCUT2D eigenvalue weighted by molar-refractivity contribution is 7.10. The zero-order chi connectivity index (χ0) is 19.1. The van der Waals surface area contributed by atoms with Gasteiger partial charge in [0.25, 0.3) is 0 Å². The minimum atomic E-state index is 0.205. The third kappa shape index (κ3) is 2.92. The number of hydrogen-bond donors (Lipinski definition) is 1. The highest BCUT2D eigenvalue weighted by Gasteiger charge is 2.30. The van der Waals surface area contributed by atoms with Gasteiger partial charge in [-0.05, 0) is 61.0 Å². The van der Waals surface area contributed by atoms with E-state index < -0.39 is 0 Å². The second-order valence-electron chi connectivity index (χ2n) is 7.28. The van der Waals surface area contributed by atoms with Gasteiger partial charge in [-0.3, -0.25) is 0 Å². The van der Waals surface area contributed by atoms with Crippen molar-refractivity contribution in [2.45, 2.75) is 25.8 Å². The van der Waals surface area contributed by atoms with Gasteiger partial charge in [-0.1, -0.05) is 24.3 Å². The minimum absolute atomic E-state index is 0.205. The monoisotopic (exact) mass is 387 g/mol. The summed E-state index contributed by atoms with van der Waals surface area (Å²) in [6, 6.07) is 18.3. The average molecular weight is 388 g/mol. The van der Waals surface area contributed by atoms with Gasteiger partial charge < -0.3 is 10.0 Å². The molecule has 0 bridgehead atoms. The number of fused-ring (bicyclic) bond motifs is 1. The van der Waals surface area contributed by atoms with Crippen LogP contribution in [0.15, 0.2) is 60.0 Å². The van der Waals surface area contributed by atoms with Crippen molar-refractivity contribution in [3.63, 3.8) is 0 Å². The van der Waals surface area contributed by atoms with Crippen LogP contribution in [0.4, 0.5) is 5.82 Å². The fraction of sp³-hybridized carbons (Fsp3) is 0.217. The maximum absolute atomic E-state index is 10.4. The highest BCUT2D eigenvalue weighted by Crippen LogP contribution is 2.41. The molecule has 3 heterocycles. The molecule has 1 saturated heterocycles. The van der Waals surface area contributed by atoms with Gasteiger partial charge in [-0.15, -0.1) is 11.3 Å². The van der Waals surface area contributed by atoms with E-state index >= 15 is 0 Å². The molecule has 0 radical (unpaired) electrons. The Morgan fingerprint density at radius 1 is 1.07 bits per heavy atom. The van der Waals surface area contributed by atoms with Crippen molar-refractivity contribution in [3.8, 4) is 17.1 Å². The van der Waals surface area contributed by atoms with Crippen LogP contribution in [0.3, 0.4) is 0 Å². The van der Waals surface area contributed by atoms with Gasteiger partial charge in [-0.25, -0.2) is 9.97 Å². The summed E-state index contributed by atoms with van der Waals surface area (Å²) in [5, 5.41) is 13.6. The van der Waals surface area contributed by atoms with E-state index in [0.29, 0.717) is 17.4 Å². The number of para-hydroxylation sites is 1. The van der Waals surface area contributed by atoms with Crippen molar-refractivity contribution >= 4 is 28.1 Å². The van der Waals surface area contributed by atoms with Crippen LogP contribution in [0.5, 0.6) is 5.75 Å². The van der Waals surface area contributed by atoms with E-state index in [-0.39, 0.29) is 5.75 Å². The molecule has 28 heavy (non-hydrogen) atoms. The number of aryl methyl sites for hydroxylation is 1. The van der Waals surface area contributed by atoms with Crippen molar-refractivity contribution < 1.29 is 5.11 Å². The maximum Gasteiger partial charge on any atom is 0.165 e. The normalized spacial score (nSPS) is 16.8. The van der Waals surface area contributed by atoms with E-state index in [0.717, 1.165) is 41.7 Å². The zero-order valence-corrected chi connectivity index (χ0v) is 16.5. The summed E-state index contributed by atoms with van der Waals surface area (Å²) in [7, 11) is 0. The Morgan fingerprint density at radius 2 is 1.96 bits per heavy atom. The van der Waals surface area contributed by atoms with Crippen molar-refractivity contribution in [3.05, 3.63) is 70.4 Å². The average Bonchev–Trinajstić information content (AvgIpc) is 3.38. The Labute approximate surface area is 168 Å². The quantitative estimate of drug-likeness (QED) is 0.489. The zero-order valence-electron chi connectivity index (χ0n) is 15.7. The molecule has 1 aliphatic rings. The van der Waals surface area contributed by atoms with Crippen LogP contribution < -0.4 is 4.90 Å². The largest absolute Gasteiger partial charge is 0.507 e. The summed E-state index contributed by atoms with van der Waals surface area (Å²) >= 11 is 1.80. The summed E-state index contributed by atoms with van der Waals surface area (Å²) in [5.74, 6) is 1.74. The van der Waals surface area contributed by atoms with E-state index in [1.165, 1.54) is 4.88 Å². The number of benzene rings is 2. The first-order valence-corrected chi connectivity index (χ1v) is 10.5. The third-order valence-corrected chi connectivity index (χ3v) is 6.35. The Hall–Kier alpha value is -2.92. The van der Waals surface area contributed by atoms with Gasteiger partial charge in [0.15, 0.2) is 5.82 Å². The molecule has 1 atom stereocenters. The molecule has 1 fully saturated rings. The minimum Gasteiger partial charge on any atom is -0.507 e. The Bertz CT molecular complexity index is 1140. The van der Waals surface area contributed by atoms with Crippen molar-refractivity contribution in [2.24, 2.45) is 0 Å². The molecular weight excluding hydrogens is 366 g/mol. The standard InChI is InChI=1S/C23H21N3OS/c1-15-10-11-16-18(14-15)24-22(17-6-2-3-8-20(17)27)25-23(16)26-12-4-7-19(26)21-9-5-13-28-21/h2-3,5-6,8-11,13-14,19,27H,4,7,12H2,1H3. The summed E-state index contributed by atoms with van der Waals surface area (Å²) in [4.78, 5) is 13.5. The number of phenolic OH excluding ortho intramolecular Hbond substituents is 1. The number of hydrogen-bond acceptors (Lipinski definition) is 5. The van der Waals surface area contributed by atoms with Crippen LogP contribution in [0, 0.1) is 6.92 Å². The summed E-state index contributed by atoms with van der Waals surface area (Å²) in [5.41, 5.74) is 2.75. The molecule has 5 rings (SSSR count). The second-order valence-corrected chi connectivity index (χ2v) is 8.25. The van der Waals surface area contributed by atoms with E-state index in [2.05, 4.69) is 47.5 Å². The van der Waals surface area contributed by atoms with Crippen LogP contribution in [0.2, 0.25) is 0 Å². The lowest BCUT2D eigenvalue weighted by Crippen LogP contribution is -2.23. The molecule has 0 saturated carbocycles. The number of rotatable bonds is 3. The molecule has 2 aromatic heterocycles. The third-order valence-electron chi connectivity index (χ3n) is 5.37. The first-order valence-electron chi connectivity index (χ1n) is 9.57. The smallest absolute Gasteiger partial charge is 0.165 e. The van der Waals surface area contributed by atoms with E-state index in [1.54, 1.807) is 17.4 Å². The fourth-order valence-corrected chi connectivity index (χ4v) is 4.90. The molecule has 4 aromatic rings. The first-order chi connectivity index (χ1) is 13.7. The number of aromatic nitrogens is 2. The lowest BCUT2D eigenvalue weighted by atomic mass is 10.1. The summed E-state index contributed by atoms with van der Waals surface area (Å²) < 4.78 is 0. The van der Waals surface area contributed by atoms with Crippen LogP contribution in [0.25, 0.3) is 22.3 Å². The second kappa shape index (κ2) is 6.91. The summed E-state index contributed by atoms with van der Waals surface area (Å²) in [6.45, 7) is 3.05. The van der Waals surface area contributed by atoms with Gasteiger partial charge in [-0.2, -0.15) is 0 Å². The molecule has 0 amide bonds. The predicted molar refractivity (Wildman–Crippen MR) is 115 cm³/mol. The van der Waals surface area contributed by atoms with Gasteiger partial charge >= 0.3 is 0 Å². The maximum atomic E-state index is 10.4. The molecule has 0 aliphatic carbocycles. The van der Waals surface area contributed by atoms with E-state index in [1.807, 2.05) is 18.2 Å². The Kier molecular flexibility index (Phi) is 4.24. The van der Waals surface area contributed by atoms with Crippen LogP contribution >= 0.6 is 11.3 Å². The van der Waals surface area contributed by atoms with Gasteiger partial charge in [0.1, 0.15) is 11.6 Å². The Morgan fingerprint density at radius 3 is 2.79 bits per heavy atom. The van der Waals surface area contributed by atoms with Gasteiger partial charge in [0.2, 0.25) is 0 Å². The number of aromatic hydroxyl groups is 1. The lowest BCUT2D eigenvalue weighted by molar-refractivity contribution is 0.477. The van der Waals surface area contributed by atoms with E-state index in [9.17, 15) is 5.11 Å². The van der Waals surface area contributed by atoms with Gasteiger partial charge in [0.05, 0.1) is 17.1 Å². The Balaban J connectivity index is 1.72. The van der Waals surface area contributed by atoms with Crippen molar-refractivity contribution in [2.75, 3.05) is 11.4 Å². The molecular formula is C23H21N3OS. The van der Waals surface area contributed by atoms with Crippen molar-refractivity contribution in [1.82, 2.24) is 9.97 Å². The first kappa shape index (κ1) is 17.2. The number of anilines is 1. The molecule has 0 spiro atoms. The van der Waals surface area contributed by atoms with Crippen LogP contribution in [-0.2, 0) is 0 Å². The molecule has 1 unspecified atom stereocenters. The molecule has 1 N–H and O–H groups in total. The SMILES string of the molecule is Cc1ccc2c(N3CCCC3c3cccs3)nc(-c3ccccc3O)nc2c1. The number of phenols is 1. The van der Waals surface area contributed by atoms with E-state index in [4.69, 9.17) is 9.97 Å². The molecule has 2 aromatic carbocycles. The van der Waals surface area contributed by atoms with Gasteiger partial charge in [0, 0.05) is 16.8 Å². The molecule has 140 valence electrons. The summed E-state index contributed by atoms with van der Waals surface area (Å²) in [6.07, 6.45) is 2.27. The fourth-order valence-electron chi connectivity index (χ4n) is 4.02. The van der Waals surface area contributed by atoms with Crippen LogP contribution in [-0.4, -0.2) is 21.6 Å². The van der Waals surface area contributed by atoms with Crippen molar-refractivity contribution in [1.29, 1.82) is 0 Å². The lowest BCUT2D eigenvalue weighted by Gasteiger charge is -2.26. The van der Waals surface area contributed by atoms with Crippen LogP contribution in [0.1, 0.15) is 29.3 Å². The number of thiophene rings is 1. The predicted octanol–water partition coefficient (Wildman–Crippen LogP) is 5.71. The number of nitrogens with zero attached hydrogens (tertiary/aromatic N) is 3. The highest BCUT2D eigenvalue weighted by atomic mass is 32.1. The molecule has 4 nitrogen and oxygen atoms in total. The molecule has 1 aliphatic heterocycles. The molecule has 5 heteroatoms. The topological polar surface area (TPSA) is 49.2 Å².